The predicted molar refractivity (Wildman–Crippen MR) is 87.0 cm³/mol. The van der Waals surface area contributed by atoms with Crippen LogP contribution in [0.5, 0.6) is 0 Å². The van der Waals surface area contributed by atoms with Crippen LogP contribution in [0.25, 0.3) is 0 Å². The van der Waals surface area contributed by atoms with Gasteiger partial charge in [0.25, 0.3) is 5.91 Å². The van der Waals surface area contributed by atoms with Gasteiger partial charge in [-0.3, -0.25) is 4.79 Å². The molecule has 106 valence electrons. The minimum absolute atomic E-state index is 0.141. The van der Waals surface area contributed by atoms with Gasteiger partial charge in [-0.1, -0.05) is 0 Å². The standard InChI is InChI=1S/C13H14BrN3OS2/c1-9-8-10(20-11(9)14)12(18)16-3-5-17(6-4-16)13-15-2-7-19-13/h2,7-8H,3-6H2,1H3. The molecule has 0 atom stereocenters. The van der Waals surface area contributed by atoms with Crippen molar-refractivity contribution < 1.29 is 4.79 Å². The quantitative estimate of drug-likeness (QED) is 0.812. The smallest absolute Gasteiger partial charge is 0.264 e. The molecule has 3 rings (SSSR count). The molecule has 0 aliphatic carbocycles. The molecule has 7 heteroatoms. The van der Waals surface area contributed by atoms with Crippen molar-refractivity contribution >= 4 is 49.6 Å². The van der Waals surface area contributed by atoms with Crippen molar-refractivity contribution in [1.82, 2.24) is 9.88 Å². The van der Waals surface area contributed by atoms with Gasteiger partial charge >= 0.3 is 0 Å². The highest BCUT2D eigenvalue weighted by atomic mass is 79.9. The number of piperazine rings is 1. The number of amides is 1. The average molecular weight is 372 g/mol. The summed E-state index contributed by atoms with van der Waals surface area (Å²) in [5.41, 5.74) is 1.12. The van der Waals surface area contributed by atoms with Crippen LogP contribution in [0, 0.1) is 6.92 Å². The maximum atomic E-state index is 12.4. The van der Waals surface area contributed by atoms with E-state index in [1.165, 1.54) is 11.3 Å². The summed E-state index contributed by atoms with van der Waals surface area (Å²) in [7, 11) is 0. The van der Waals surface area contributed by atoms with Gasteiger partial charge in [-0.2, -0.15) is 0 Å². The lowest BCUT2D eigenvalue weighted by Crippen LogP contribution is -2.48. The Hall–Kier alpha value is -0.920. The van der Waals surface area contributed by atoms with Crippen LogP contribution in [0.2, 0.25) is 0 Å². The zero-order chi connectivity index (χ0) is 14.1. The normalized spacial score (nSPS) is 15.7. The maximum Gasteiger partial charge on any atom is 0.264 e. The van der Waals surface area contributed by atoms with Crippen LogP contribution in [0.3, 0.4) is 0 Å². The van der Waals surface area contributed by atoms with E-state index in [0.717, 1.165) is 45.5 Å². The Kier molecular flexibility index (Phi) is 4.09. The van der Waals surface area contributed by atoms with E-state index in [-0.39, 0.29) is 5.91 Å². The van der Waals surface area contributed by atoms with E-state index in [0.29, 0.717) is 0 Å². The second-order valence-corrected chi connectivity index (χ2v) is 7.90. The summed E-state index contributed by atoms with van der Waals surface area (Å²) in [5, 5.41) is 3.03. The third-order valence-electron chi connectivity index (χ3n) is 3.32. The van der Waals surface area contributed by atoms with Gasteiger partial charge in [-0.25, -0.2) is 4.98 Å². The van der Waals surface area contributed by atoms with E-state index in [2.05, 4.69) is 25.8 Å². The Balaban J connectivity index is 1.64. The minimum atomic E-state index is 0.141. The number of carbonyl (C=O) groups excluding carboxylic acids is 1. The second-order valence-electron chi connectivity index (χ2n) is 4.66. The summed E-state index contributed by atoms with van der Waals surface area (Å²) in [4.78, 5) is 21.8. The Morgan fingerprint density at radius 3 is 2.65 bits per heavy atom. The first-order chi connectivity index (χ1) is 9.65. The summed E-state index contributed by atoms with van der Waals surface area (Å²) in [6, 6.07) is 1.96. The Bertz CT molecular complexity index is 584. The third kappa shape index (κ3) is 2.75. The van der Waals surface area contributed by atoms with Crippen LogP contribution >= 0.6 is 38.6 Å². The number of aryl methyl sites for hydroxylation is 1. The molecule has 2 aromatic rings. The number of nitrogens with zero attached hydrogens (tertiary/aromatic N) is 3. The van der Waals surface area contributed by atoms with Crippen molar-refractivity contribution in [3.8, 4) is 0 Å². The van der Waals surface area contributed by atoms with Crippen LogP contribution in [-0.4, -0.2) is 42.0 Å². The molecule has 4 nitrogen and oxygen atoms in total. The number of thiazole rings is 1. The van der Waals surface area contributed by atoms with Crippen LogP contribution < -0.4 is 4.90 Å². The molecule has 0 unspecified atom stereocenters. The highest BCUT2D eigenvalue weighted by Gasteiger charge is 2.24. The minimum Gasteiger partial charge on any atom is -0.345 e. The molecule has 3 heterocycles. The number of hydrogen-bond acceptors (Lipinski definition) is 5. The van der Waals surface area contributed by atoms with E-state index in [1.54, 1.807) is 11.3 Å². The molecule has 0 spiro atoms. The Morgan fingerprint density at radius 1 is 1.35 bits per heavy atom. The molecule has 1 aliphatic rings. The molecule has 2 aromatic heterocycles. The zero-order valence-electron chi connectivity index (χ0n) is 11.0. The molecular weight excluding hydrogens is 358 g/mol. The van der Waals surface area contributed by atoms with E-state index < -0.39 is 0 Å². The number of rotatable bonds is 2. The largest absolute Gasteiger partial charge is 0.345 e. The fraction of sp³-hybridized carbons (Fsp3) is 0.385. The third-order valence-corrected chi connectivity index (χ3v) is 6.28. The predicted octanol–water partition coefficient (Wildman–Crippen LogP) is 3.24. The molecule has 0 aromatic carbocycles. The molecule has 1 amide bonds. The highest BCUT2D eigenvalue weighted by molar-refractivity contribution is 9.11. The van der Waals surface area contributed by atoms with E-state index in [9.17, 15) is 4.79 Å². The van der Waals surface area contributed by atoms with Gasteiger partial charge in [0.1, 0.15) is 0 Å². The molecule has 0 bridgehead atoms. The van der Waals surface area contributed by atoms with Gasteiger partial charge in [0.05, 0.1) is 8.66 Å². The van der Waals surface area contributed by atoms with Gasteiger partial charge in [-0.15, -0.1) is 22.7 Å². The number of aromatic nitrogens is 1. The molecule has 0 saturated carbocycles. The fourth-order valence-corrected chi connectivity index (χ4v) is 4.39. The van der Waals surface area contributed by atoms with E-state index in [1.807, 2.05) is 29.5 Å². The fourth-order valence-electron chi connectivity index (χ4n) is 2.19. The van der Waals surface area contributed by atoms with E-state index >= 15 is 0 Å². The summed E-state index contributed by atoms with van der Waals surface area (Å²) in [5.74, 6) is 0.141. The van der Waals surface area contributed by atoms with Crippen molar-refractivity contribution in [2.75, 3.05) is 31.1 Å². The van der Waals surface area contributed by atoms with Crippen LogP contribution in [0.4, 0.5) is 5.13 Å². The molecule has 1 aliphatic heterocycles. The van der Waals surface area contributed by atoms with Gasteiger partial charge in [0.15, 0.2) is 5.13 Å². The molecule has 1 fully saturated rings. The van der Waals surface area contributed by atoms with Crippen LogP contribution in [0.15, 0.2) is 21.4 Å². The summed E-state index contributed by atoms with van der Waals surface area (Å²) in [6.07, 6.45) is 1.82. The SMILES string of the molecule is Cc1cc(C(=O)N2CCN(c3nccs3)CC2)sc1Br. The number of anilines is 1. The average Bonchev–Trinajstić information content (AvgIpc) is 3.09. The lowest BCUT2D eigenvalue weighted by molar-refractivity contribution is 0.0751. The number of thiophene rings is 1. The van der Waals surface area contributed by atoms with Gasteiger partial charge in [0.2, 0.25) is 0 Å². The highest BCUT2D eigenvalue weighted by Crippen LogP contribution is 2.28. The maximum absolute atomic E-state index is 12.4. The molecule has 20 heavy (non-hydrogen) atoms. The van der Waals surface area contributed by atoms with Crippen LogP contribution in [0.1, 0.15) is 15.2 Å². The van der Waals surface area contributed by atoms with Crippen molar-refractivity contribution in [1.29, 1.82) is 0 Å². The van der Waals surface area contributed by atoms with Crippen molar-refractivity contribution in [3.63, 3.8) is 0 Å². The first-order valence-corrected chi connectivity index (χ1v) is 8.83. The summed E-state index contributed by atoms with van der Waals surface area (Å²) >= 11 is 6.64. The molecule has 0 radical (unpaired) electrons. The first kappa shape index (κ1) is 14.0. The van der Waals surface area contributed by atoms with Gasteiger partial charge in [0, 0.05) is 37.8 Å². The number of hydrogen-bond donors (Lipinski definition) is 0. The zero-order valence-corrected chi connectivity index (χ0v) is 14.2. The summed E-state index contributed by atoms with van der Waals surface area (Å²) in [6.45, 7) is 5.23. The topological polar surface area (TPSA) is 36.4 Å². The van der Waals surface area contributed by atoms with Gasteiger partial charge in [-0.05, 0) is 34.5 Å². The molecule has 1 saturated heterocycles. The second kappa shape index (κ2) is 5.83. The van der Waals surface area contributed by atoms with E-state index in [4.69, 9.17) is 0 Å². The summed E-state index contributed by atoms with van der Waals surface area (Å²) < 4.78 is 1.04. The Labute approximate surface area is 134 Å². The van der Waals surface area contributed by atoms with Crippen LogP contribution in [-0.2, 0) is 0 Å². The van der Waals surface area contributed by atoms with Crippen molar-refractivity contribution in [2.45, 2.75) is 6.92 Å². The lowest BCUT2D eigenvalue weighted by Gasteiger charge is -2.34. The lowest BCUT2D eigenvalue weighted by atomic mass is 10.3. The van der Waals surface area contributed by atoms with Crippen molar-refractivity contribution in [3.05, 3.63) is 31.9 Å². The number of halogens is 1. The van der Waals surface area contributed by atoms with Gasteiger partial charge < -0.3 is 9.80 Å². The number of carbonyl (C=O) groups is 1. The Morgan fingerprint density at radius 2 is 2.10 bits per heavy atom. The monoisotopic (exact) mass is 371 g/mol. The molecular formula is C13H14BrN3OS2. The van der Waals surface area contributed by atoms with Crippen molar-refractivity contribution in [2.24, 2.45) is 0 Å². The molecule has 0 N–H and O–H groups in total. The first-order valence-electron chi connectivity index (χ1n) is 6.35.